The van der Waals surface area contributed by atoms with E-state index in [1.165, 1.54) is 32.1 Å². The Bertz CT molecular complexity index is 1570. The van der Waals surface area contributed by atoms with Crippen molar-refractivity contribution in [2.45, 2.75) is 130 Å². The molecule has 0 aromatic rings. The van der Waals surface area contributed by atoms with Gasteiger partial charge in [-0.25, -0.2) is 0 Å². The normalized spacial score (nSPS) is 35.5. The lowest BCUT2D eigenvalue weighted by atomic mass is 9.51. The van der Waals surface area contributed by atoms with Gasteiger partial charge in [-0.2, -0.15) is 0 Å². The molecule has 4 rings (SSSR count). The Kier molecular flexibility index (Phi) is 12.7. The SMILES string of the molecule is CC(=O)OC1C(OC(=O)CC(C)C)C2(CO2)C2C(OC(C)=O)C3(O)C(C=C(COC(=O)CC(C)C)C=CC(OC(C)=O)C2(C)C1OC(C)=O)OC(=O)C3C. The van der Waals surface area contributed by atoms with Gasteiger partial charge >= 0.3 is 41.8 Å². The number of epoxide rings is 1. The molecule has 2 saturated heterocycles. The molecule has 2 aliphatic carbocycles. The smallest absolute Gasteiger partial charge is 0.312 e. The molecule has 16 heteroatoms. The molecular formula is C38H52O16. The second-order valence-electron chi connectivity index (χ2n) is 15.6. The first-order valence-electron chi connectivity index (χ1n) is 18.1. The Labute approximate surface area is 314 Å². The van der Waals surface area contributed by atoms with Crippen LogP contribution < -0.4 is 0 Å². The number of fused-ring (bicyclic) bond motifs is 3. The molecular weight excluding hydrogens is 712 g/mol. The van der Waals surface area contributed by atoms with Crippen molar-refractivity contribution >= 4 is 41.8 Å². The molecule has 4 aliphatic rings. The van der Waals surface area contributed by atoms with Crippen LogP contribution in [0.1, 0.15) is 82.1 Å². The fourth-order valence-electron chi connectivity index (χ4n) is 8.00. The number of ether oxygens (including phenoxy) is 8. The summed E-state index contributed by atoms with van der Waals surface area (Å²) in [7, 11) is 0. The predicted molar refractivity (Wildman–Crippen MR) is 183 cm³/mol. The van der Waals surface area contributed by atoms with Crippen molar-refractivity contribution < 1.29 is 76.6 Å². The summed E-state index contributed by atoms with van der Waals surface area (Å²) in [4.78, 5) is 91.3. The van der Waals surface area contributed by atoms with Crippen LogP contribution >= 0.6 is 0 Å². The first kappa shape index (κ1) is 42.4. The molecule has 2 aliphatic heterocycles. The van der Waals surface area contributed by atoms with E-state index in [1.807, 2.05) is 13.8 Å². The van der Waals surface area contributed by atoms with Crippen LogP contribution in [0.4, 0.5) is 0 Å². The van der Waals surface area contributed by atoms with E-state index in [4.69, 9.17) is 37.9 Å². The van der Waals surface area contributed by atoms with E-state index in [0.717, 1.165) is 27.7 Å². The predicted octanol–water partition coefficient (Wildman–Crippen LogP) is 2.45. The molecule has 16 nitrogen and oxygen atoms in total. The summed E-state index contributed by atoms with van der Waals surface area (Å²) in [5, 5.41) is 13.0. The molecule has 11 unspecified atom stereocenters. The van der Waals surface area contributed by atoms with E-state index in [0.29, 0.717) is 0 Å². The van der Waals surface area contributed by atoms with Crippen LogP contribution in [0.2, 0.25) is 0 Å². The van der Waals surface area contributed by atoms with Crippen molar-refractivity contribution in [2.75, 3.05) is 13.2 Å². The van der Waals surface area contributed by atoms with Crippen molar-refractivity contribution in [2.24, 2.45) is 29.1 Å². The zero-order valence-corrected chi connectivity index (χ0v) is 32.4. The van der Waals surface area contributed by atoms with Gasteiger partial charge in [0.2, 0.25) is 0 Å². The number of carbonyl (C=O) groups excluding carboxylic acids is 7. The van der Waals surface area contributed by atoms with Crippen LogP contribution in [0.15, 0.2) is 23.8 Å². The van der Waals surface area contributed by atoms with E-state index in [2.05, 4.69) is 0 Å². The number of aliphatic hydroxyl groups is 1. The Morgan fingerprint density at radius 2 is 1.35 bits per heavy atom. The molecule has 1 N–H and O–H groups in total. The number of esters is 7. The molecule has 54 heavy (non-hydrogen) atoms. The molecule has 1 spiro atoms. The topological polar surface area (TPSA) is 217 Å². The summed E-state index contributed by atoms with van der Waals surface area (Å²) >= 11 is 0. The van der Waals surface area contributed by atoms with Gasteiger partial charge in [0.05, 0.1) is 17.9 Å². The lowest BCUT2D eigenvalue weighted by molar-refractivity contribution is -0.279. The second-order valence-corrected chi connectivity index (χ2v) is 15.6. The van der Waals surface area contributed by atoms with Crippen LogP contribution in [0.5, 0.6) is 0 Å². The van der Waals surface area contributed by atoms with E-state index in [9.17, 15) is 38.7 Å². The average molecular weight is 765 g/mol. The minimum absolute atomic E-state index is 0.0253. The molecule has 0 radical (unpaired) electrons. The van der Waals surface area contributed by atoms with Crippen molar-refractivity contribution in [3.63, 3.8) is 0 Å². The maximum absolute atomic E-state index is 13.4. The highest BCUT2D eigenvalue weighted by Gasteiger charge is 2.81. The maximum atomic E-state index is 13.4. The van der Waals surface area contributed by atoms with Gasteiger partial charge in [0.1, 0.15) is 24.4 Å². The summed E-state index contributed by atoms with van der Waals surface area (Å²) < 4.78 is 47.2. The van der Waals surface area contributed by atoms with Gasteiger partial charge in [-0.1, -0.05) is 40.7 Å². The molecule has 0 bridgehead atoms. The van der Waals surface area contributed by atoms with Crippen LogP contribution in [0, 0.1) is 29.1 Å². The van der Waals surface area contributed by atoms with Crippen molar-refractivity contribution in [1.82, 2.24) is 0 Å². The standard InChI is InChI=1S/C38H52O16/c1-18(2)13-28(43)47-16-25-11-12-26(49-21(6)39)36(10)31(34(52-24(9)42)38(46)20(5)35(45)53-27(38)15-25)37(17-48-37)33(54-29(44)14-19(3)4)30(50-22(7)40)32(36)51-23(8)41/h11-12,15,18-20,26-27,30-34,46H,13-14,16-17H2,1-10H3. The molecule has 0 amide bonds. The maximum Gasteiger partial charge on any atom is 0.312 e. The third-order valence-corrected chi connectivity index (χ3v) is 10.3. The van der Waals surface area contributed by atoms with Crippen LogP contribution in [-0.4, -0.2) is 108 Å². The van der Waals surface area contributed by atoms with Crippen LogP contribution in [-0.2, 0) is 71.5 Å². The van der Waals surface area contributed by atoms with Gasteiger partial charge in [-0.15, -0.1) is 0 Å². The van der Waals surface area contributed by atoms with Gasteiger partial charge in [0.15, 0.2) is 30.0 Å². The minimum Gasteiger partial charge on any atom is -0.461 e. The molecule has 0 aromatic carbocycles. The van der Waals surface area contributed by atoms with E-state index in [-0.39, 0.29) is 43.5 Å². The number of rotatable bonds is 11. The summed E-state index contributed by atoms with van der Waals surface area (Å²) in [6.07, 6.45) is -5.43. The Balaban J connectivity index is 2.11. The van der Waals surface area contributed by atoms with Gasteiger partial charge < -0.3 is 43.0 Å². The Hall–Kier alpha value is -4.31. The first-order chi connectivity index (χ1) is 25.1. The lowest BCUT2D eigenvalue weighted by Crippen LogP contribution is -2.76. The highest BCUT2D eigenvalue weighted by molar-refractivity contribution is 5.78. The third-order valence-electron chi connectivity index (χ3n) is 10.3. The highest BCUT2D eigenvalue weighted by atomic mass is 16.7. The highest BCUT2D eigenvalue weighted by Crippen LogP contribution is 2.63. The van der Waals surface area contributed by atoms with Crippen LogP contribution in [0.25, 0.3) is 0 Å². The van der Waals surface area contributed by atoms with Gasteiger partial charge in [0, 0.05) is 46.5 Å². The Morgan fingerprint density at radius 3 is 1.87 bits per heavy atom. The van der Waals surface area contributed by atoms with Gasteiger partial charge in [0.25, 0.3) is 0 Å². The quantitative estimate of drug-likeness (QED) is 0.182. The van der Waals surface area contributed by atoms with Crippen molar-refractivity contribution in [3.8, 4) is 0 Å². The molecule has 1 saturated carbocycles. The van der Waals surface area contributed by atoms with Gasteiger partial charge in [-0.3, -0.25) is 33.6 Å². The first-order valence-corrected chi connectivity index (χ1v) is 18.1. The summed E-state index contributed by atoms with van der Waals surface area (Å²) in [6.45, 7) is 13.9. The molecule has 300 valence electrons. The summed E-state index contributed by atoms with van der Waals surface area (Å²) in [5.74, 6) is -8.66. The zero-order chi connectivity index (χ0) is 40.5. The average Bonchev–Trinajstić information content (AvgIpc) is 3.78. The largest absolute Gasteiger partial charge is 0.461 e. The lowest BCUT2D eigenvalue weighted by Gasteiger charge is -2.59. The number of carbonyl (C=O) groups is 7. The fourth-order valence-corrected chi connectivity index (χ4v) is 8.00. The Morgan fingerprint density at radius 1 is 0.815 bits per heavy atom. The third kappa shape index (κ3) is 8.49. The fraction of sp³-hybridized carbons (Fsp3) is 0.711. The van der Waals surface area contributed by atoms with Crippen molar-refractivity contribution in [1.29, 1.82) is 0 Å². The molecule has 3 fully saturated rings. The minimum atomic E-state index is -2.44. The number of hydrogen-bond donors (Lipinski definition) is 1. The van der Waals surface area contributed by atoms with Gasteiger partial charge in [-0.05, 0) is 36.5 Å². The monoisotopic (exact) mass is 764 g/mol. The zero-order valence-electron chi connectivity index (χ0n) is 32.4. The van der Waals surface area contributed by atoms with E-state index >= 15 is 0 Å². The number of hydrogen-bond acceptors (Lipinski definition) is 16. The molecule has 11 atom stereocenters. The van der Waals surface area contributed by atoms with E-state index < -0.39 is 107 Å². The van der Waals surface area contributed by atoms with E-state index in [1.54, 1.807) is 13.8 Å². The summed E-state index contributed by atoms with van der Waals surface area (Å²) in [5.41, 5.74) is -5.91. The summed E-state index contributed by atoms with van der Waals surface area (Å²) in [6, 6.07) is 0. The molecule has 2 heterocycles. The second kappa shape index (κ2) is 16.2. The van der Waals surface area contributed by atoms with Crippen molar-refractivity contribution in [3.05, 3.63) is 23.8 Å². The molecule has 0 aromatic heterocycles. The van der Waals surface area contributed by atoms with Crippen LogP contribution in [0.3, 0.4) is 0 Å².